The number of benzene rings is 1. The van der Waals surface area contributed by atoms with Crippen molar-refractivity contribution in [3.05, 3.63) is 27.4 Å². The molecule has 3 fully saturated rings. The van der Waals surface area contributed by atoms with E-state index in [4.69, 9.17) is 18.8 Å². The molecule has 0 aromatic heterocycles. The molecule has 3 aliphatic rings. The summed E-state index contributed by atoms with van der Waals surface area (Å²) in [6.45, 7) is 3.76. The first-order valence-corrected chi connectivity index (χ1v) is 14.8. The van der Waals surface area contributed by atoms with Gasteiger partial charge in [0.2, 0.25) is 0 Å². The van der Waals surface area contributed by atoms with Crippen LogP contribution in [0, 0.1) is 48.2 Å². The molecule has 1 aliphatic heterocycles. The molecule has 2 aliphatic carbocycles. The van der Waals surface area contributed by atoms with Crippen LogP contribution in [0.1, 0.15) is 23.1 Å². The monoisotopic (exact) mass is 852 g/mol. The Bertz CT molecular complexity index is 1220. The minimum absolute atomic E-state index is 0.0823. The standard InChI is InChI=1S/C20H17F2I3O9S/c1-5-9(12(23)6(2)14(25)13(5)24)4-32-17(26)10-7-3-8-11(10)18(27)33-15(8)16(7)34-19(28)20(21,22)35(29,30)31/h7-8,10-11,15-16H,3-4H2,1-2H3,(H,29,30,31). The van der Waals surface area contributed by atoms with Gasteiger partial charge in [0.15, 0.2) is 0 Å². The fraction of sp³-hybridized carbons (Fsp3) is 0.550. The predicted octanol–water partition coefficient (Wildman–Crippen LogP) is 3.36. The van der Waals surface area contributed by atoms with Crippen molar-refractivity contribution >= 4 is 95.8 Å². The zero-order valence-corrected chi connectivity index (χ0v) is 25.2. The minimum Gasteiger partial charge on any atom is -0.461 e. The largest absolute Gasteiger partial charge is 0.465 e. The fourth-order valence-electron chi connectivity index (χ4n) is 5.13. The van der Waals surface area contributed by atoms with Crippen LogP contribution in [-0.4, -0.2) is 48.3 Å². The molecule has 4 rings (SSSR count). The number of carbonyl (C=O) groups is 3. The molecule has 1 N–H and O–H groups in total. The first-order valence-electron chi connectivity index (χ1n) is 10.1. The number of halogens is 5. The lowest BCUT2D eigenvalue weighted by Gasteiger charge is -2.30. The smallest absolute Gasteiger partial charge is 0.461 e. The van der Waals surface area contributed by atoms with Gasteiger partial charge >= 0.3 is 33.3 Å². The first kappa shape index (κ1) is 27.6. The lowest BCUT2D eigenvalue weighted by atomic mass is 9.78. The zero-order valence-electron chi connectivity index (χ0n) is 17.9. The Labute approximate surface area is 239 Å². The van der Waals surface area contributed by atoms with Crippen molar-refractivity contribution in [2.75, 3.05) is 0 Å². The predicted molar refractivity (Wildman–Crippen MR) is 139 cm³/mol. The van der Waals surface area contributed by atoms with E-state index >= 15 is 0 Å². The Morgan fingerprint density at radius 2 is 1.71 bits per heavy atom. The van der Waals surface area contributed by atoms with E-state index in [2.05, 4.69) is 67.8 Å². The Morgan fingerprint density at radius 3 is 2.31 bits per heavy atom. The molecule has 15 heteroatoms. The number of carbonyl (C=O) groups excluding carboxylic acids is 3. The molecular formula is C20H17F2I3O9S. The Kier molecular flexibility index (Phi) is 7.42. The third-order valence-electron chi connectivity index (χ3n) is 6.88. The molecule has 35 heavy (non-hydrogen) atoms. The van der Waals surface area contributed by atoms with Crippen molar-refractivity contribution < 1.29 is 50.3 Å². The summed E-state index contributed by atoms with van der Waals surface area (Å²) in [5, 5.41) is -5.21. The molecule has 0 radical (unpaired) electrons. The lowest BCUT2D eigenvalue weighted by molar-refractivity contribution is -0.179. The van der Waals surface area contributed by atoms with Crippen LogP contribution in [0.5, 0.6) is 0 Å². The van der Waals surface area contributed by atoms with Gasteiger partial charge in [0.1, 0.15) is 18.8 Å². The van der Waals surface area contributed by atoms with Crippen LogP contribution in [-0.2, 0) is 45.3 Å². The van der Waals surface area contributed by atoms with E-state index in [9.17, 15) is 31.6 Å². The van der Waals surface area contributed by atoms with Crippen LogP contribution >= 0.6 is 67.8 Å². The highest BCUT2D eigenvalue weighted by atomic mass is 127. The van der Waals surface area contributed by atoms with E-state index in [0.29, 0.717) is 0 Å². The Morgan fingerprint density at radius 1 is 1.11 bits per heavy atom. The summed E-state index contributed by atoms with van der Waals surface area (Å²) in [6, 6.07) is 0. The second-order valence-corrected chi connectivity index (χ2v) is 13.4. The Balaban J connectivity index is 1.56. The van der Waals surface area contributed by atoms with E-state index in [-0.39, 0.29) is 13.0 Å². The van der Waals surface area contributed by atoms with Gasteiger partial charge in [-0.1, -0.05) is 0 Å². The molecular weight excluding hydrogens is 835 g/mol. The van der Waals surface area contributed by atoms with E-state index in [1.165, 1.54) is 0 Å². The number of ether oxygens (including phenoxy) is 3. The normalized spacial score (nSPS) is 29.3. The number of hydrogen-bond acceptors (Lipinski definition) is 8. The van der Waals surface area contributed by atoms with Gasteiger partial charge in [-0.2, -0.15) is 17.2 Å². The third kappa shape index (κ3) is 4.37. The number of rotatable bonds is 6. The summed E-state index contributed by atoms with van der Waals surface area (Å²) in [7, 11) is -6.08. The maximum Gasteiger partial charge on any atom is 0.465 e. The van der Waals surface area contributed by atoms with Gasteiger partial charge in [-0.05, 0) is 99.2 Å². The molecule has 1 saturated heterocycles. The molecule has 6 unspecified atom stereocenters. The summed E-state index contributed by atoms with van der Waals surface area (Å²) in [5.74, 6) is -7.41. The van der Waals surface area contributed by atoms with Crippen molar-refractivity contribution in [2.45, 2.75) is 44.3 Å². The summed E-state index contributed by atoms with van der Waals surface area (Å²) in [4.78, 5) is 37.5. The highest BCUT2D eigenvalue weighted by Gasteiger charge is 2.71. The number of hydrogen-bond donors (Lipinski definition) is 1. The van der Waals surface area contributed by atoms with Gasteiger partial charge in [-0.3, -0.25) is 14.1 Å². The van der Waals surface area contributed by atoms with Crippen LogP contribution < -0.4 is 0 Å². The lowest BCUT2D eigenvalue weighted by Crippen LogP contribution is -2.47. The molecule has 1 aromatic carbocycles. The van der Waals surface area contributed by atoms with Crippen LogP contribution in [0.3, 0.4) is 0 Å². The summed E-state index contributed by atoms with van der Waals surface area (Å²) in [6.07, 6.45) is -2.37. The first-order chi connectivity index (χ1) is 16.1. The van der Waals surface area contributed by atoms with Crippen LogP contribution in [0.25, 0.3) is 0 Å². The highest BCUT2D eigenvalue weighted by Crippen LogP contribution is 2.59. The quantitative estimate of drug-likeness (QED) is 0.151. The van der Waals surface area contributed by atoms with Crippen LogP contribution in [0.2, 0.25) is 0 Å². The molecule has 0 spiro atoms. The topological polar surface area (TPSA) is 133 Å². The maximum atomic E-state index is 13.8. The van der Waals surface area contributed by atoms with Gasteiger partial charge in [0.05, 0.1) is 11.8 Å². The van der Waals surface area contributed by atoms with Crippen molar-refractivity contribution in [3.63, 3.8) is 0 Å². The van der Waals surface area contributed by atoms with Gasteiger partial charge in [-0.15, -0.1) is 0 Å². The second kappa shape index (κ2) is 9.40. The molecule has 1 aromatic rings. The number of esters is 3. The van der Waals surface area contributed by atoms with Gasteiger partial charge in [0.25, 0.3) is 0 Å². The zero-order chi connectivity index (χ0) is 26.2. The Hall–Kier alpha value is -0.410. The van der Waals surface area contributed by atoms with Crippen molar-refractivity contribution in [1.82, 2.24) is 0 Å². The SMILES string of the molecule is Cc1c(I)c(I)c(C)c(COC(=O)C2C3CC4C(OC(=O)C42)C3OC(=O)C(F)(F)S(=O)(=O)O)c1I. The summed E-state index contributed by atoms with van der Waals surface area (Å²) in [5.41, 5.74) is 2.76. The minimum atomic E-state index is -6.08. The molecule has 2 bridgehead atoms. The van der Waals surface area contributed by atoms with Crippen LogP contribution in [0.4, 0.5) is 8.78 Å². The van der Waals surface area contributed by atoms with Crippen molar-refractivity contribution in [3.8, 4) is 0 Å². The van der Waals surface area contributed by atoms with Gasteiger partial charge < -0.3 is 14.2 Å². The van der Waals surface area contributed by atoms with Crippen molar-refractivity contribution in [1.29, 1.82) is 0 Å². The molecule has 192 valence electrons. The van der Waals surface area contributed by atoms with E-state index in [1.54, 1.807) is 0 Å². The van der Waals surface area contributed by atoms with Gasteiger partial charge in [-0.25, -0.2) is 4.79 Å². The molecule has 2 saturated carbocycles. The van der Waals surface area contributed by atoms with Gasteiger partial charge in [0, 0.05) is 28.1 Å². The molecule has 1 heterocycles. The van der Waals surface area contributed by atoms with Crippen LogP contribution in [0.15, 0.2) is 0 Å². The second-order valence-electron chi connectivity index (χ2n) is 8.66. The van der Waals surface area contributed by atoms with E-state index in [0.717, 1.165) is 27.4 Å². The molecule has 6 atom stereocenters. The molecule has 0 amide bonds. The highest BCUT2D eigenvalue weighted by molar-refractivity contribution is 14.1. The number of fused-ring (bicyclic) bond motifs is 1. The number of alkyl halides is 2. The van der Waals surface area contributed by atoms with E-state index < -0.39 is 69.2 Å². The fourth-order valence-corrected chi connectivity index (χ4v) is 8.14. The average molecular weight is 852 g/mol. The molecule has 9 nitrogen and oxygen atoms in total. The van der Waals surface area contributed by atoms with Crippen molar-refractivity contribution in [2.24, 2.45) is 23.7 Å². The van der Waals surface area contributed by atoms with E-state index in [1.807, 2.05) is 13.8 Å². The third-order valence-corrected chi connectivity index (χ3v) is 12.9. The maximum absolute atomic E-state index is 13.8. The average Bonchev–Trinajstić information content (AvgIpc) is 3.39. The summed E-state index contributed by atoms with van der Waals surface area (Å²) >= 11 is 6.61. The summed E-state index contributed by atoms with van der Waals surface area (Å²) < 4.78 is 76.5.